The first kappa shape index (κ1) is 14.3. The van der Waals surface area contributed by atoms with Gasteiger partial charge < -0.3 is 0 Å². The van der Waals surface area contributed by atoms with Crippen molar-refractivity contribution in [3.63, 3.8) is 0 Å². The molecular weight excluding hydrogens is 276 g/mol. The van der Waals surface area contributed by atoms with Crippen LogP contribution in [-0.4, -0.2) is 5.78 Å². The topological polar surface area (TPSA) is 17.1 Å². The van der Waals surface area contributed by atoms with Crippen LogP contribution in [0.4, 0.5) is 0 Å². The van der Waals surface area contributed by atoms with E-state index in [0.29, 0.717) is 5.78 Å². The summed E-state index contributed by atoms with van der Waals surface area (Å²) in [5, 5.41) is 2.09. The minimum Gasteiger partial charge on any atom is -0.294 e. The maximum absolute atomic E-state index is 12.8. The van der Waals surface area contributed by atoms with Crippen LogP contribution < -0.4 is 0 Å². The van der Waals surface area contributed by atoms with Gasteiger partial charge in [-0.2, -0.15) is 0 Å². The zero-order chi connectivity index (χ0) is 14.7. The van der Waals surface area contributed by atoms with Gasteiger partial charge in [0.15, 0.2) is 5.78 Å². The van der Waals surface area contributed by atoms with Crippen molar-refractivity contribution in [3.8, 4) is 0 Å². The molecule has 1 aromatic heterocycles. The molecule has 1 saturated carbocycles. The minimum absolute atomic E-state index is 0.0169. The van der Waals surface area contributed by atoms with E-state index in [4.69, 9.17) is 0 Å². The summed E-state index contributed by atoms with van der Waals surface area (Å²) in [5.74, 6) is 0.405. The fourth-order valence-electron chi connectivity index (χ4n) is 3.28. The Balaban J connectivity index is 1.83. The summed E-state index contributed by atoms with van der Waals surface area (Å²) in [7, 11) is 0. The summed E-state index contributed by atoms with van der Waals surface area (Å²) < 4.78 is 0. The molecule has 1 nitrogen and oxygen atoms in total. The van der Waals surface area contributed by atoms with Gasteiger partial charge >= 0.3 is 0 Å². The number of Topliss-reactive ketones (excluding diaryl/α,β-unsaturated/α-hetero) is 1. The van der Waals surface area contributed by atoms with Gasteiger partial charge in [0.25, 0.3) is 0 Å². The van der Waals surface area contributed by atoms with Crippen LogP contribution >= 0.6 is 11.3 Å². The predicted molar refractivity (Wildman–Crippen MR) is 89.6 cm³/mol. The Kier molecular flexibility index (Phi) is 4.07. The molecule has 0 N–H and O–H groups in total. The molecule has 2 atom stereocenters. The minimum atomic E-state index is -0.0169. The molecule has 2 heteroatoms. The molecule has 0 amide bonds. The third-order valence-electron chi connectivity index (χ3n) is 4.55. The molecule has 1 aliphatic rings. The number of carbonyl (C=O) groups excluding carboxylic acids is 1. The summed E-state index contributed by atoms with van der Waals surface area (Å²) in [6, 6.07) is 13.9. The number of thiophene rings is 1. The third-order valence-corrected chi connectivity index (χ3v) is 5.39. The first-order chi connectivity index (χ1) is 10.2. The van der Waals surface area contributed by atoms with E-state index in [-0.39, 0.29) is 11.3 Å². The molecule has 0 spiro atoms. The molecule has 0 unspecified atom stereocenters. The fourth-order valence-corrected chi connectivity index (χ4v) is 3.90. The fraction of sp³-hybridized carbons (Fsp3) is 0.316. The number of allylic oxidation sites excluding steroid dienone is 1. The van der Waals surface area contributed by atoms with Gasteiger partial charge in [-0.15, -0.1) is 11.3 Å². The second kappa shape index (κ2) is 5.98. The van der Waals surface area contributed by atoms with Gasteiger partial charge in [0, 0.05) is 16.4 Å². The van der Waals surface area contributed by atoms with E-state index in [1.807, 2.05) is 30.3 Å². The zero-order valence-corrected chi connectivity index (χ0v) is 13.1. The van der Waals surface area contributed by atoms with Gasteiger partial charge in [-0.1, -0.05) is 55.8 Å². The van der Waals surface area contributed by atoms with Crippen LogP contribution in [-0.2, 0) is 0 Å². The summed E-state index contributed by atoms with van der Waals surface area (Å²) >= 11 is 1.74. The largest absolute Gasteiger partial charge is 0.294 e. The van der Waals surface area contributed by atoms with Gasteiger partial charge in [0.05, 0.1) is 0 Å². The van der Waals surface area contributed by atoms with Crippen molar-refractivity contribution in [1.82, 2.24) is 0 Å². The average Bonchev–Trinajstić information content (AvgIpc) is 3.15. The van der Waals surface area contributed by atoms with Crippen molar-refractivity contribution in [2.75, 3.05) is 0 Å². The van der Waals surface area contributed by atoms with E-state index in [1.165, 1.54) is 4.88 Å². The van der Waals surface area contributed by atoms with Gasteiger partial charge in [-0.05, 0) is 35.8 Å². The summed E-state index contributed by atoms with van der Waals surface area (Å²) in [5.41, 5.74) is 0.830. The number of benzene rings is 1. The second-order valence-electron chi connectivity index (χ2n) is 6.03. The Morgan fingerprint density at radius 3 is 2.76 bits per heavy atom. The van der Waals surface area contributed by atoms with Crippen molar-refractivity contribution in [1.29, 1.82) is 0 Å². The van der Waals surface area contributed by atoms with E-state index < -0.39 is 0 Å². The lowest BCUT2D eigenvalue weighted by Crippen LogP contribution is -2.27. The quantitative estimate of drug-likeness (QED) is 0.686. The van der Waals surface area contributed by atoms with E-state index in [1.54, 1.807) is 11.3 Å². The number of rotatable bonds is 4. The monoisotopic (exact) mass is 296 g/mol. The molecule has 0 bridgehead atoms. The molecule has 0 aliphatic heterocycles. The van der Waals surface area contributed by atoms with Gasteiger partial charge in [0.1, 0.15) is 0 Å². The molecule has 2 aromatic rings. The molecule has 1 fully saturated rings. The van der Waals surface area contributed by atoms with Crippen molar-refractivity contribution < 1.29 is 4.79 Å². The molecule has 21 heavy (non-hydrogen) atoms. The Hall–Kier alpha value is -1.67. The normalized spacial score (nSPS) is 25.5. The van der Waals surface area contributed by atoms with Crippen LogP contribution in [0, 0.1) is 11.3 Å². The molecule has 1 aromatic carbocycles. The van der Waals surface area contributed by atoms with E-state index in [9.17, 15) is 4.79 Å². The van der Waals surface area contributed by atoms with Crippen molar-refractivity contribution in [2.45, 2.75) is 26.2 Å². The van der Waals surface area contributed by atoms with E-state index >= 15 is 0 Å². The average molecular weight is 296 g/mol. The Morgan fingerprint density at radius 2 is 2.05 bits per heavy atom. The predicted octanol–water partition coefficient (Wildman–Crippen LogP) is 5.45. The highest BCUT2D eigenvalue weighted by Gasteiger charge is 2.41. The highest BCUT2D eigenvalue weighted by molar-refractivity contribution is 7.10. The van der Waals surface area contributed by atoms with E-state index in [0.717, 1.165) is 24.8 Å². The SMILES string of the molecule is C[C@]1(/C=C/c2cccs2)CCC[C@@H]1C(=O)c1ccccc1. The van der Waals surface area contributed by atoms with Crippen molar-refractivity contribution >= 4 is 23.2 Å². The lowest BCUT2D eigenvalue weighted by atomic mass is 9.75. The van der Waals surface area contributed by atoms with Crippen molar-refractivity contribution in [3.05, 3.63) is 64.4 Å². The van der Waals surface area contributed by atoms with Crippen molar-refractivity contribution in [2.24, 2.45) is 11.3 Å². The number of hydrogen-bond acceptors (Lipinski definition) is 2. The summed E-state index contributed by atoms with van der Waals surface area (Å²) in [6.45, 7) is 2.23. The molecule has 0 radical (unpaired) electrons. The summed E-state index contributed by atoms with van der Waals surface area (Å²) in [4.78, 5) is 14.1. The highest BCUT2D eigenvalue weighted by atomic mass is 32.1. The van der Waals surface area contributed by atoms with Crippen LogP contribution in [0.1, 0.15) is 41.4 Å². The molecule has 108 valence electrons. The Morgan fingerprint density at radius 1 is 1.24 bits per heavy atom. The maximum atomic E-state index is 12.8. The van der Waals surface area contributed by atoms with Crippen LogP contribution in [0.3, 0.4) is 0 Å². The smallest absolute Gasteiger partial charge is 0.166 e. The van der Waals surface area contributed by atoms with Crippen LogP contribution in [0.5, 0.6) is 0 Å². The molecule has 3 rings (SSSR count). The lowest BCUT2D eigenvalue weighted by Gasteiger charge is -2.27. The van der Waals surface area contributed by atoms with Gasteiger partial charge in [-0.25, -0.2) is 0 Å². The van der Waals surface area contributed by atoms with Crippen LogP contribution in [0.15, 0.2) is 53.9 Å². The Labute approximate surface area is 130 Å². The molecule has 1 heterocycles. The lowest BCUT2D eigenvalue weighted by molar-refractivity contribution is 0.0861. The second-order valence-corrected chi connectivity index (χ2v) is 7.01. The van der Waals surface area contributed by atoms with E-state index in [2.05, 4.69) is 36.6 Å². The standard InChI is InChI=1S/C19H20OS/c1-19(13-11-16-9-6-14-21-16)12-5-10-17(19)18(20)15-7-3-2-4-8-15/h2-4,6-9,11,13-14,17H,5,10,12H2,1H3/b13-11+/t17-,19-/m1/s1. The van der Waals surface area contributed by atoms with Crippen LogP contribution in [0.2, 0.25) is 0 Å². The first-order valence-corrected chi connectivity index (χ1v) is 8.39. The molecule has 0 saturated heterocycles. The summed E-state index contributed by atoms with van der Waals surface area (Å²) in [6.07, 6.45) is 7.67. The van der Waals surface area contributed by atoms with Crippen LogP contribution in [0.25, 0.3) is 6.08 Å². The highest BCUT2D eigenvalue weighted by Crippen LogP contribution is 2.46. The zero-order valence-electron chi connectivity index (χ0n) is 12.3. The van der Waals surface area contributed by atoms with Gasteiger partial charge in [0.2, 0.25) is 0 Å². The number of hydrogen-bond donors (Lipinski definition) is 0. The molecular formula is C19H20OS. The number of carbonyl (C=O) groups is 1. The maximum Gasteiger partial charge on any atom is 0.166 e. The Bertz CT molecular complexity index is 627. The third kappa shape index (κ3) is 3.01. The molecule has 1 aliphatic carbocycles. The van der Waals surface area contributed by atoms with Gasteiger partial charge in [-0.3, -0.25) is 4.79 Å². The number of ketones is 1. The first-order valence-electron chi connectivity index (χ1n) is 7.51.